The molecule has 55 valence electrons. The van der Waals surface area contributed by atoms with E-state index in [2.05, 4.69) is 0 Å². The molecule has 1 rings (SSSR count). The molecule has 1 aliphatic heterocycles. The van der Waals surface area contributed by atoms with Crippen LogP contribution >= 0.6 is 0 Å². The van der Waals surface area contributed by atoms with E-state index in [4.69, 9.17) is 0 Å². The maximum Gasteiger partial charge on any atom is 0 e. The second-order valence-corrected chi connectivity index (χ2v) is 6.95. The summed E-state index contributed by atoms with van der Waals surface area (Å²) in [6, 6.07) is 0. The van der Waals surface area contributed by atoms with Gasteiger partial charge in [-0.15, -0.1) is 0 Å². The summed E-state index contributed by atoms with van der Waals surface area (Å²) in [5.74, 6) is 0. The van der Waals surface area contributed by atoms with Crippen molar-refractivity contribution in [3.63, 3.8) is 0 Å². The van der Waals surface area contributed by atoms with Gasteiger partial charge in [-0.1, -0.05) is 0 Å². The zero-order valence-corrected chi connectivity index (χ0v) is 13.4. The molecule has 9 heavy (non-hydrogen) atoms. The summed E-state index contributed by atoms with van der Waals surface area (Å²) >= 11 is 0.211. The van der Waals surface area contributed by atoms with Gasteiger partial charge in [0.25, 0.3) is 0 Å². The Labute approximate surface area is 98.2 Å². The Balaban J connectivity index is -0.000000120. The van der Waals surface area contributed by atoms with Crippen LogP contribution < -0.4 is 0 Å². The molecule has 0 spiro atoms. The Hall–Kier alpha value is 2.25. The standard InChI is InChI=1S/C5H10.2Bi.Mn.H2O/c1-3-5-4-2;;;;/h1-5H2;;;;1H2. The van der Waals surface area contributed by atoms with Gasteiger partial charge in [0.1, 0.15) is 0 Å². The molecule has 4 heteroatoms. The predicted molar refractivity (Wildman–Crippen MR) is 38.6 cm³/mol. The molecule has 1 aliphatic rings. The molecule has 1 saturated heterocycles. The fourth-order valence-corrected chi connectivity index (χ4v) is 5.08. The van der Waals surface area contributed by atoms with Crippen LogP contribution in [0.15, 0.2) is 0 Å². The van der Waals surface area contributed by atoms with Crippen LogP contribution in [0.5, 0.6) is 0 Å². The molecule has 0 unspecified atom stereocenters. The molecule has 0 atom stereocenters. The van der Waals surface area contributed by atoms with E-state index >= 15 is 0 Å². The van der Waals surface area contributed by atoms with Crippen molar-refractivity contribution < 1.29 is 22.5 Å². The van der Waals surface area contributed by atoms with Crippen molar-refractivity contribution in [2.75, 3.05) is 0 Å². The fourth-order valence-electron chi connectivity index (χ4n) is 0.736. The summed E-state index contributed by atoms with van der Waals surface area (Å²) in [7, 11) is 0. The van der Waals surface area contributed by atoms with Crippen LogP contribution in [0.25, 0.3) is 0 Å². The Morgan fingerprint density at radius 2 is 1.33 bits per heavy atom. The summed E-state index contributed by atoms with van der Waals surface area (Å²) in [4.78, 5) is 0. The summed E-state index contributed by atoms with van der Waals surface area (Å²) in [5.41, 5.74) is 0. The molecule has 0 aromatic heterocycles. The average molecular weight is 561 g/mol. The van der Waals surface area contributed by atoms with E-state index in [-0.39, 0.29) is 72.0 Å². The van der Waals surface area contributed by atoms with Crippen LogP contribution in [0.4, 0.5) is 0 Å². The molecule has 1 heterocycles. The zero-order chi connectivity index (χ0) is 4.24. The largest absolute Gasteiger partial charge is 0.412 e. The monoisotopic (exact) mass is 561 g/mol. The normalized spacial score (nSPS) is 16.0. The van der Waals surface area contributed by atoms with Crippen molar-refractivity contribution in [2.45, 2.75) is 27.5 Å². The summed E-state index contributed by atoms with van der Waals surface area (Å²) in [6.45, 7) is 0. The minimum atomic E-state index is 0. The van der Waals surface area contributed by atoms with Gasteiger partial charge in [-0.05, 0) is 0 Å². The smallest absolute Gasteiger partial charge is 0 e. The van der Waals surface area contributed by atoms with Crippen LogP contribution in [0.2, 0.25) is 8.26 Å². The zero-order valence-electron chi connectivity index (χ0n) is 5.31. The van der Waals surface area contributed by atoms with E-state index < -0.39 is 0 Å². The van der Waals surface area contributed by atoms with E-state index in [9.17, 15) is 0 Å². The van der Waals surface area contributed by atoms with Gasteiger partial charge in [-0.25, -0.2) is 0 Å². The second kappa shape index (κ2) is 12.9. The fraction of sp³-hybridized carbons (Fsp3) is 1.00. The first-order valence-corrected chi connectivity index (χ1v) is 7.55. The Morgan fingerprint density at radius 1 is 0.889 bits per heavy atom. The Morgan fingerprint density at radius 3 is 1.44 bits per heavy atom. The van der Waals surface area contributed by atoms with Crippen LogP contribution in [0, 0.1) is 0 Å². The predicted octanol–water partition coefficient (Wildman–Crippen LogP) is 0.503. The van der Waals surface area contributed by atoms with Gasteiger partial charge in [0, 0.05) is 43.3 Å². The molecule has 1 fully saturated rings. The first-order valence-electron chi connectivity index (χ1n) is 2.63. The third-order valence-corrected chi connectivity index (χ3v) is 6.05. The maximum atomic E-state index is 1.68. The molecule has 0 amide bonds. The van der Waals surface area contributed by atoms with Crippen LogP contribution in [0.1, 0.15) is 19.3 Å². The summed E-state index contributed by atoms with van der Waals surface area (Å²) in [6.07, 6.45) is 4.71. The molecule has 0 bridgehead atoms. The third-order valence-electron chi connectivity index (χ3n) is 1.13. The first kappa shape index (κ1) is 17.4. The van der Waals surface area contributed by atoms with E-state index in [1.165, 1.54) is 0 Å². The van der Waals surface area contributed by atoms with Gasteiger partial charge in [-0.3, -0.25) is 0 Å². The van der Waals surface area contributed by atoms with Gasteiger partial charge < -0.3 is 5.48 Å². The van der Waals surface area contributed by atoms with Crippen molar-refractivity contribution in [3.05, 3.63) is 0 Å². The van der Waals surface area contributed by atoms with Gasteiger partial charge in [0.05, 0.1) is 0 Å². The van der Waals surface area contributed by atoms with E-state index in [1.54, 1.807) is 27.5 Å². The van der Waals surface area contributed by atoms with E-state index in [0.29, 0.717) is 0 Å². The van der Waals surface area contributed by atoms with Gasteiger partial charge in [0.15, 0.2) is 0 Å². The van der Waals surface area contributed by atoms with E-state index in [0.717, 1.165) is 0 Å². The SMILES string of the molecule is C1C[CH2][Bi][CH2]C1.O.[Bi].[Mn]. The molecule has 0 aromatic carbocycles. The molecule has 0 aromatic rings. The molecule has 0 saturated carbocycles. The minimum absolute atomic E-state index is 0. The molecule has 2 N–H and O–H groups in total. The van der Waals surface area contributed by atoms with Crippen molar-refractivity contribution >= 4 is 49.4 Å². The number of hydrogen-bond donors (Lipinski definition) is 0. The van der Waals surface area contributed by atoms with Gasteiger partial charge >= 0.3 is 50.8 Å². The topological polar surface area (TPSA) is 31.5 Å². The summed E-state index contributed by atoms with van der Waals surface area (Å²) in [5, 5.41) is 0. The van der Waals surface area contributed by atoms with E-state index in [1.807, 2.05) is 0 Å². The van der Waals surface area contributed by atoms with Crippen molar-refractivity contribution in [2.24, 2.45) is 0 Å². The Kier molecular flexibility index (Phi) is 24.9. The first-order chi connectivity index (χ1) is 3.00. The van der Waals surface area contributed by atoms with Crippen molar-refractivity contribution in [1.29, 1.82) is 0 Å². The molecular formula is C5H12Bi2MnO. The molecule has 5 radical (unpaired) electrons. The van der Waals surface area contributed by atoms with Crippen molar-refractivity contribution in [3.8, 4) is 0 Å². The quantitative estimate of drug-likeness (QED) is 0.387. The number of rotatable bonds is 0. The summed E-state index contributed by atoms with van der Waals surface area (Å²) < 4.78 is 3.36. The maximum absolute atomic E-state index is 1.68. The van der Waals surface area contributed by atoms with Crippen LogP contribution in [-0.2, 0) is 17.1 Å². The molecule has 1 nitrogen and oxygen atoms in total. The van der Waals surface area contributed by atoms with Gasteiger partial charge in [0.2, 0.25) is 0 Å². The van der Waals surface area contributed by atoms with Crippen LogP contribution in [-0.4, -0.2) is 54.9 Å². The minimum Gasteiger partial charge on any atom is -0.412 e. The number of hydrogen-bond acceptors (Lipinski definition) is 0. The van der Waals surface area contributed by atoms with Crippen LogP contribution in [0.3, 0.4) is 0 Å². The molecule has 0 aliphatic carbocycles. The van der Waals surface area contributed by atoms with Gasteiger partial charge in [-0.2, -0.15) is 0 Å². The average Bonchev–Trinajstić information content (AvgIpc) is 1.72. The molecular weight excluding hydrogens is 549 g/mol. The Bertz CT molecular complexity index is 30.4. The second-order valence-electron chi connectivity index (χ2n) is 1.73. The third kappa shape index (κ3) is 10.2. The van der Waals surface area contributed by atoms with Crippen molar-refractivity contribution in [1.82, 2.24) is 0 Å².